The molecule has 2 N–H and O–H groups in total. The fourth-order valence-corrected chi connectivity index (χ4v) is 1.15. The van der Waals surface area contributed by atoms with Gasteiger partial charge in [-0.2, -0.15) is 0 Å². The lowest BCUT2D eigenvalue weighted by Crippen LogP contribution is -2.26. The average Bonchev–Trinajstić information content (AvgIpc) is 2.57. The molecule has 0 atom stereocenters. The second kappa shape index (κ2) is 3.57. The quantitative estimate of drug-likeness (QED) is 0.689. The standard InChI is InChI=1S/C7H8ClN5/c8-5-3-9-4-6(12-5)13-7-10-1-2-11-7/h3-4H,1-2H2,(H2,10,11,12,13). The Kier molecular flexibility index (Phi) is 2.27. The van der Waals surface area contributed by atoms with Gasteiger partial charge in [0.1, 0.15) is 5.15 Å². The van der Waals surface area contributed by atoms with Crippen LogP contribution in [-0.4, -0.2) is 29.0 Å². The predicted octanol–water partition coefficient (Wildman–Crippen LogP) is 0.501. The van der Waals surface area contributed by atoms with E-state index in [1.54, 1.807) is 6.20 Å². The van der Waals surface area contributed by atoms with Gasteiger partial charge < -0.3 is 10.6 Å². The summed E-state index contributed by atoms with van der Waals surface area (Å²) in [5.74, 6) is 1.32. The third kappa shape index (κ3) is 2.06. The number of aromatic nitrogens is 2. The molecule has 0 radical (unpaired) electrons. The molecule has 1 aliphatic heterocycles. The maximum Gasteiger partial charge on any atom is 0.197 e. The smallest absolute Gasteiger partial charge is 0.197 e. The van der Waals surface area contributed by atoms with Gasteiger partial charge in [-0.3, -0.25) is 9.98 Å². The average molecular weight is 198 g/mol. The number of hydrogen-bond donors (Lipinski definition) is 2. The molecule has 0 saturated heterocycles. The van der Waals surface area contributed by atoms with Crippen LogP contribution in [0.4, 0.5) is 5.82 Å². The van der Waals surface area contributed by atoms with E-state index < -0.39 is 0 Å². The fourth-order valence-electron chi connectivity index (χ4n) is 1.01. The van der Waals surface area contributed by atoms with Gasteiger partial charge in [-0.1, -0.05) is 11.6 Å². The number of anilines is 1. The molecule has 0 aliphatic carbocycles. The molecule has 0 bridgehead atoms. The molecule has 1 aromatic heterocycles. The van der Waals surface area contributed by atoms with Crippen LogP contribution in [0.2, 0.25) is 5.15 Å². The van der Waals surface area contributed by atoms with Crippen molar-refractivity contribution in [1.82, 2.24) is 15.3 Å². The molecule has 0 saturated carbocycles. The van der Waals surface area contributed by atoms with Gasteiger partial charge in [-0.15, -0.1) is 0 Å². The van der Waals surface area contributed by atoms with Crippen LogP contribution in [0.15, 0.2) is 17.4 Å². The first-order valence-corrected chi connectivity index (χ1v) is 4.25. The van der Waals surface area contributed by atoms with Crippen molar-refractivity contribution in [1.29, 1.82) is 0 Å². The maximum absolute atomic E-state index is 5.66. The molecule has 0 fully saturated rings. The number of nitrogens with one attached hydrogen (secondary N) is 2. The zero-order valence-corrected chi connectivity index (χ0v) is 7.54. The van der Waals surface area contributed by atoms with Crippen LogP contribution in [0.3, 0.4) is 0 Å². The van der Waals surface area contributed by atoms with Crippen molar-refractivity contribution in [2.24, 2.45) is 4.99 Å². The Morgan fingerprint density at radius 1 is 1.46 bits per heavy atom. The van der Waals surface area contributed by atoms with E-state index in [2.05, 4.69) is 25.6 Å². The number of hydrogen-bond acceptors (Lipinski definition) is 5. The van der Waals surface area contributed by atoms with E-state index in [0.717, 1.165) is 19.0 Å². The van der Waals surface area contributed by atoms with Crippen LogP contribution in [0, 0.1) is 0 Å². The summed E-state index contributed by atoms with van der Waals surface area (Å²) in [6.07, 6.45) is 3.07. The van der Waals surface area contributed by atoms with E-state index in [-0.39, 0.29) is 0 Å². The van der Waals surface area contributed by atoms with Crippen molar-refractivity contribution in [3.05, 3.63) is 17.5 Å². The normalized spacial score (nSPS) is 15.0. The summed E-state index contributed by atoms with van der Waals surface area (Å²) in [7, 11) is 0. The van der Waals surface area contributed by atoms with E-state index >= 15 is 0 Å². The van der Waals surface area contributed by atoms with Gasteiger partial charge in [-0.25, -0.2) is 4.98 Å². The lowest BCUT2D eigenvalue weighted by molar-refractivity contribution is 0.958. The highest BCUT2D eigenvalue weighted by Gasteiger charge is 2.05. The van der Waals surface area contributed by atoms with Crippen LogP contribution in [0.1, 0.15) is 0 Å². The molecule has 0 amide bonds. The summed E-state index contributed by atoms with van der Waals surface area (Å²) in [6.45, 7) is 1.65. The number of nitrogens with zero attached hydrogens (tertiary/aromatic N) is 3. The SMILES string of the molecule is Clc1cncc(NC2=NCCN2)n1. The first kappa shape index (κ1) is 8.25. The van der Waals surface area contributed by atoms with E-state index in [9.17, 15) is 0 Å². The van der Waals surface area contributed by atoms with Crippen molar-refractivity contribution in [2.45, 2.75) is 0 Å². The Labute approximate surface area is 80.3 Å². The Bertz CT molecular complexity index is 337. The fraction of sp³-hybridized carbons (Fsp3) is 0.286. The van der Waals surface area contributed by atoms with Crippen molar-refractivity contribution in [3.8, 4) is 0 Å². The Morgan fingerprint density at radius 3 is 3.08 bits per heavy atom. The molecular weight excluding hydrogens is 190 g/mol. The highest BCUT2D eigenvalue weighted by atomic mass is 35.5. The second-order valence-corrected chi connectivity index (χ2v) is 2.90. The minimum atomic E-state index is 0.364. The van der Waals surface area contributed by atoms with Gasteiger partial charge in [0.15, 0.2) is 11.8 Å². The molecule has 0 aromatic carbocycles. The largest absolute Gasteiger partial charge is 0.354 e. The van der Waals surface area contributed by atoms with E-state index in [0.29, 0.717) is 11.0 Å². The molecule has 1 aliphatic rings. The number of aliphatic imine (C=N–C) groups is 1. The molecule has 6 heteroatoms. The first-order chi connectivity index (χ1) is 6.34. The maximum atomic E-state index is 5.66. The van der Waals surface area contributed by atoms with Gasteiger partial charge in [0.2, 0.25) is 0 Å². The van der Waals surface area contributed by atoms with Crippen LogP contribution >= 0.6 is 11.6 Å². The monoisotopic (exact) mass is 197 g/mol. The Hall–Kier alpha value is -1.36. The summed E-state index contributed by atoms with van der Waals surface area (Å²) >= 11 is 5.66. The number of halogens is 1. The van der Waals surface area contributed by atoms with Crippen molar-refractivity contribution < 1.29 is 0 Å². The topological polar surface area (TPSA) is 62.2 Å². The van der Waals surface area contributed by atoms with Crippen molar-refractivity contribution in [2.75, 3.05) is 18.4 Å². The lowest BCUT2D eigenvalue weighted by Gasteiger charge is -2.04. The predicted molar refractivity (Wildman–Crippen MR) is 51.0 cm³/mol. The van der Waals surface area contributed by atoms with E-state index in [1.807, 2.05) is 0 Å². The van der Waals surface area contributed by atoms with Crippen LogP contribution in [-0.2, 0) is 0 Å². The summed E-state index contributed by atoms with van der Waals surface area (Å²) in [5, 5.41) is 6.38. The Balaban J connectivity index is 2.09. The van der Waals surface area contributed by atoms with E-state index in [4.69, 9.17) is 11.6 Å². The number of guanidine groups is 1. The van der Waals surface area contributed by atoms with Gasteiger partial charge >= 0.3 is 0 Å². The molecule has 68 valence electrons. The molecule has 2 heterocycles. The lowest BCUT2D eigenvalue weighted by atomic mass is 10.6. The van der Waals surface area contributed by atoms with Gasteiger partial charge in [0.05, 0.1) is 18.9 Å². The zero-order chi connectivity index (χ0) is 9.10. The highest BCUT2D eigenvalue weighted by Crippen LogP contribution is 2.06. The zero-order valence-electron chi connectivity index (χ0n) is 6.79. The molecule has 1 aromatic rings. The summed E-state index contributed by atoms with van der Waals surface area (Å²) in [6, 6.07) is 0. The highest BCUT2D eigenvalue weighted by molar-refractivity contribution is 6.29. The minimum Gasteiger partial charge on any atom is -0.354 e. The molecule has 13 heavy (non-hydrogen) atoms. The first-order valence-electron chi connectivity index (χ1n) is 3.87. The van der Waals surface area contributed by atoms with Crippen molar-refractivity contribution >= 4 is 23.4 Å². The van der Waals surface area contributed by atoms with Crippen LogP contribution in [0.25, 0.3) is 0 Å². The van der Waals surface area contributed by atoms with Gasteiger partial charge in [0, 0.05) is 6.54 Å². The molecule has 2 rings (SSSR count). The molecule has 0 unspecified atom stereocenters. The van der Waals surface area contributed by atoms with E-state index in [1.165, 1.54) is 6.20 Å². The third-order valence-corrected chi connectivity index (χ3v) is 1.71. The summed E-state index contributed by atoms with van der Waals surface area (Å²) in [5.41, 5.74) is 0. The van der Waals surface area contributed by atoms with Crippen molar-refractivity contribution in [3.63, 3.8) is 0 Å². The van der Waals surface area contributed by atoms with Gasteiger partial charge in [-0.05, 0) is 0 Å². The molecule has 0 spiro atoms. The third-order valence-electron chi connectivity index (χ3n) is 1.53. The van der Waals surface area contributed by atoms with Crippen LogP contribution < -0.4 is 10.6 Å². The minimum absolute atomic E-state index is 0.364. The van der Waals surface area contributed by atoms with Gasteiger partial charge in [0.25, 0.3) is 0 Å². The summed E-state index contributed by atoms with van der Waals surface area (Å²) in [4.78, 5) is 12.0. The Morgan fingerprint density at radius 2 is 2.38 bits per heavy atom. The van der Waals surface area contributed by atoms with Crippen LogP contribution in [0.5, 0.6) is 0 Å². The summed E-state index contributed by atoms with van der Waals surface area (Å²) < 4.78 is 0. The second-order valence-electron chi connectivity index (χ2n) is 2.51. The molecule has 5 nitrogen and oxygen atoms in total. The number of rotatable bonds is 1. The molecular formula is C7H8ClN5.